The quantitative estimate of drug-likeness (QED) is 0.756. The number of hydrogen-bond donors (Lipinski definition) is 0. The molecular formula is C19H21F3N2O3. The van der Waals surface area contributed by atoms with E-state index in [4.69, 9.17) is 4.74 Å². The number of amides is 2. The highest BCUT2D eigenvalue weighted by Crippen LogP contribution is 2.41. The zero-order valence-corrected chi connectivity index (χ0v) is 15.0. The second-order valence-electron chi connectivity index (χ2n) is 7.10. The fourth-order valence-electron chi connectivity index (χ4n) is 3.79. The largest absolute Gasteiger partial charge is 0.496 e. The van der Waals surface area contributed by atoms with E-state index in [1.165, 1.54) is 18.2 Å². The van der Waals surface area contributed by atoms with Crippen LogP contribution in [0.5, 0.6) is 5.75 Å². The van der Waals surface area contributed by atoms with E-state index in [1.807, 2.05) is 0 Å². The normalized spacial score (nSPS) is 18.8. The van der Waals surface area contributed by atoms with Gasteiger partial charge >= 0.3 is 6.18 Å². The number of halogens is 3. The predicted molar refractivity (Wildman–Crippen MR) is 92.3 cm³/mol. The third-order valence-electron chi connectivity index (χ3n) is 5.40. The van der Waals surface area contributed by atoms with Crippen molar-refractivity contribution in [3.8, 4) is 5.75 Å². The molecule has 0 aromatic heterocycles. The maximum atomic E-state index is 13.2. The maximum absolute atomic E-state index is 13.2. The molecule has 0 saturated carbocycles. The van der Waals surface area contributed by atoms with Gasteiger partial charge in [0.15, 0.2) is 0 Å². The molecule has 1 aromatic carbocycles. The van der Waals surface area contributed by atoms with Gasteiger partial charge < -0.3 is 14.5 Å². The summed E-state index contributed by atoms with van der Waals surface area (Å²) < 4.78 is 44.2. The van der Waals surface area contributed by atoms with Crippen LogP contribution in [0, 0.1) is 5.41 Å². The topological polar surface area (TPSA) is 49.9 Å². The Balaban J connectivity index is 1.67. The SMILES string of the molecule is C=CC(=O)N1CC2(CCN(C(=O)c3ccc(OC)c(C(F)(F)F)c3)CC2)C1. The average molecular weight is 382 g/mol. The van der Waals surface area contributed by atoms with Crippen molar-refractivity contribution in [2.24, 2.45) is 5.41 Å². The molecule has 3 rings (SSSR count). The number of hydrogen-bond acceptors (Lipinski definition) is 3. The second kappa shape index (κ2) is 6.90. The van der Waals surface area contributed by atoms with Crippen LogP contribution in [-0.4, -0.2) is 54.9 Å². The maximum Gasteiger partial charge on any atom is 0.419 e. The molecule has 2 aliphatic heterocycles. The lowest BCUT2D eigenvalue weighted by Gasteiger charge is -2.53. The van der Waals surface area contributed by atoms with E-state index in [9.17, 15) is 22.8 Å². The molecule has 1 spiro atoms. The Morgan fingerprint density at radius 1 is 1.19 bits per heavy atom. The molecule has 0 N–H and O–H groups in total. The van der Waals surface area contributed by atoms with Gasteiger partial charge in [0.1, 0.15) is 5.75 Å². The van der Waals surface area contributed by atoms with E-state index in [2.05, 4.69) is 6.58 Å². The van der Waals surface area contributed by atoms with Crippen molar-refractivity contribution in [1.82, 2.24) is 9.80 Å². The molecule has 2 heterocycles. The van der Waals surface area contributed by atoms with Gasteiger partial charge in [0.05, 0.1) is 12.7 Å². The number of benzene rings is 1. The molecule has 0 radical (unpaired) electrons. The Labute approximate surface area is 155 Å². The number of ether oxygens (including phenoxy) is 1. The smallest absolute Gasteiger partial charge is 0.419 e. The first-order valence-electron chi connectivity index (χ1n) is 8.65. The van der Waals surface area contributed by atoms with Crippen LogP contribution in [0.15, 0.2) is 30.9 Å². The van der Waals surface area contributed by atoms with Crippen molar-refractivity contribution in [3.63, 3.8) is 0 Å². The Morgan fingerprint density at radius 3 is 2.33 bits per heavy atom. The highest BCUT2D eigenvalue weighted by Gasteiger charge is 2.46. The standard InChI is InChI=1S/C19H21F3N2O3/c1-3-16(25)24-11-18(12-24)6-8-23(9-7-18)17(26)13-4-5-15(27-2)14(10-13)19(20,21)22/h3-5,10H,1,6-9,11-12H2,2H3. The monoisotopic (exact) mass is 382 g/mol. The number of rotatable bonds is 3. The number of nitrogens with zero attached hydrogens (tertiary/aromatic N) is 2. The van der Waals surface area contributed by atoms with Gasteiger partial charge in [-0.2, -0.15) is 13.2 Å². The Hall–Kier alpha value is -2.51. The molecule has 1 aromatic rings. The molecule has 2 aliphatic rings. The van der Waals surface area contributed by atoms with Gasteiger partial charge in [0, 0.05) is 37.2 Å². The number of methoxy groups -OCH3 is 1. The molecular weight excluding hydrogens is 361 g/mol. The van der Waals surface area contributed by atoms with Crippen molar-refractivity contribution in [3.05, 3.63) is 42.0 Å². The fraction of sp³-hybridized carbons (Fsp3) is 0.474. The van der Waals surface area contributed by atoms with Crippen LogP contribution in [0.25, 0.3) is 0 Å². The van der Waals surface area contributed by atoms with Gasteiger partial charge in [-0.3, -0.25) is 9.59 Å². The van der Waals surface area contributed by atoms with Gasteiger partial charge in [-0.05, 0) is 37.1 Å². The molecule has 5 nitrogen and oxygen atoms in total. The third kappa shape index (κ3) is 3.65. The zero-order chi connectivity index (χ0) is 19.8. The van der Waals surface area contributed by atoms with E-state index >= 15 is 0 Å². The highest BCUT2D eigenvalue weighted by molar-refractivity contribution is 5.94. The van der Waals surface area contributed by atoms with Crippen molar-refractivity contribution in [2.75, 3.05) is 33.3 Å². The molecule has 2 amide bonds. The number of likely N-dealkylation sites (tertiary alicyclic amines) is 2. The summed E-state index contributed by atoms with van der Waals surface area (Å²) in [4.78, 5) is 27.5. The van der Waals surface area contributed by atoms with Gasteiger partial charge in [-0.1, -0.05) is 6.58 Å². The first kappa shape index (κ1) is 19.3. The lowest BCUT2D eigenvalue weighted by Crippen LogP contribution is -2.62. The first-order chi connectivity index (χ1) is 12.7. The minimum atomic E-state index is -4.60. The molecule has 2 fully saturated rings. The molecule has 0 bridgehead atoms. The number of carbonyl (C=O) groups excluding carboxylic acids is 2. The molecule has 8 heteroatoms. The summed E-state index contributed by atoms with van der Waals surface area (Å²) in [6, 6.07) is 3.38. The van der Waals surface area contributed by atoms with Crippen LogP contribution < -0.4 is 4.74 Å². The minimum Gasteiger partial charge on any atom is -0.496 e. The Morgan fingerprint density at radius 2 is 1.81 bits per heavy atom. The first-order valence-corrected chi connectivity index (χ1v) is 8.65. The highest BCUT2D eigenvalue weighted by atomic mass is 19.4. The van der Waals surface area contributed by atoms with Crippen molar-refractivity contribution >= 4 is 11.8 Å². The summed E-state index contributed by atoms with van der Waals surface area (Å²) in [7, 11) is 1.16. The van der Waals surface area contributed by atoms with E-state index in [1.54, 1.807) is 9.80 Å². The summed E-state index contributed by atoms with van der Waals surface area (Å²) in [6.45, 7) is 5.67. The van der Waals surface area contributed by atoms with Crippen LogP contribution in [-0.2, 0) is 11.0 Å². The molecule has 0 unspecified atom stereocenters. The zero-order valence-electron chi connectivity index (χ0n) is 15.0. The Kier molecular flexibility index (Phi) is 4.92. The molecule has 27 heavy (non-hydrogen) atoms. The minimum absolute atomic E-state index is 0.00357. The summed E-state index contributed by atoms with van der Waals surface area (Å²) in [6.07, 6.45) is -1.86. The van der Waals surface area contributed by atoms with E-state index in [0.717, 1.165) is 26.0 Å². The van der Waals surface area contributed by atoms with Gasteiger partial charge in [0.2, 0.25) is 5.91 Å². The van der Waals surface area contributed by atoms with Crippen LogP contribution in [0.4, 0.5) is 13.2 Å². The van der Waals surface area contributed by atoms with E-state index < -0.39 is 17.6 Å². The van der Waals surface area contributed by atoms with Crippen LogP contribution in [0.1, 0.15) is 28.8 Å². The second-order valence-corrected chi connectivity index (χ2v) is 7.10. The van der Waals surface area contributed by atoms with Gasteiger partial charge in [0.25, 0.3) is 5.91 Å². The lowest BCUT2D eigenvalue weighted by molar-refractivity contribution is -0.141. The molecule has 146 valence electrons. The molecule has 0 aliphatic carbocycles. The van der Waals surface area contributed by atoms with Gasteiger partial charge in [-0.15, -0.1) is 0 Å². The Bertz CT molecular complexity index is 760. The number of piperidine rings is 1. The number of alkyl halides is 3. The van der Waals surface area contributed by atoms with Crippen molar-refractivity contribution in [2.45, 2.75) is 19.0 Å². The van der Waals surface area contributed by atoms with E-state index in [-0.39, 0.29) is 22.6 Å². The van der Waals surface area contributed by atoms with Crippen LogP contribution in [0.3, 0.4) is 0 Å². The fourth-order valence-corrected chi connectivity index (χ4v) is 3.79. The third-order valence-corrected chi connectivity index (χ3v) is 5.40. The molecule has 0 atom stereocenters. The van der Waals surface area contributed by atoms with Crippen LogP contribution in [0.2, 0.25) is 0 Å². The summed E-state index contributed by atoms with van der Waals surface area (Å²) in [5, 5.41) is 0. The van der Waals surface area contributed by atoms with Crippen LogP contribution >= 0.6 is 0 Å². The summed E-state index contributed by atoms with van der Waals surface area (Å²) >= 11 is 0. The van der Waals surface area contributed by atoms with Crippen molar-refractivity contribution < 1.29 is 27.5 Å². The van der Waals surface area contributed by atoms with Gasteiger partial charge in [-0.25, -0.2) is 0 Å². The number of carbonyl (C=O) groups is 2. The van der Waals surface area contributed by atoms with Crippen molar-refractivity contribution in [1.29, 1.82) is 0 Å². The molecule has 2 saturated heterocycles. The van der Waals surface area contributed by atoms with E-state index in [0.29, 0.717) is 26.2 Å². The summed E-state index contributed by atoms with van der Waals surface area (Å²) in [5.41, 5.74) is -0.954. The average Bonchev–Trinajstić information content (AvgIpc) is 2.63. The predicted octanol–water partition coefficient (Wildman–Crippen LogP) is 2.96. The lowest BCUT2D eigenvalue weighted by atomic mass is 9.72. The summed E-state index contributed by atoms with van der Waals surface area (Å²) in [5.74, 6) is -0.827.